The smallest absolute Gasteiger partial charge is 0.175 e. The number of methoxy groups -OCH3 is 1. The summed E-state index contributed by atoms with van der Waals surface area (Å²) in [5.74, 6) is 3.46. The number of aliphatic hydroxyl groups excluding tert-OH is 1. The van der Waals surface area contributed by atoms with E-state index in [1.807, 2.05) is 7.11 Å². The van der Waals surface area contributed by atoms with Crippen LogP contribution in [0, 0.1) is 52.3 Å². The summed E-state index contributed by atoms with van der Waals surface area (Å²) >= 11 is 0. The molecule has 1 N–H and O–H groups in total. The van der Waals surface area contributed by atoms with Crippen LogP contribution in [-0.2, 0) is 14.2 Å². The molecule has 2 heterocycles. The molecule has 4 saturated carbocycles. The summed E-state index contributed by atoms with van der Waals surface area (Å²) in [6.45, 7) is 10.7. The molecule has 0 unspecified atom stereocenters. The van der Waals surface area contributed by atoms with Gasteiger partial charge >= 0.3 is 0 Å². The summed E-state index contributed by atoms with van der Waals surface area (Å²) in [6, 6.07) is 0. The van der Waals surface area contributed by atoms with Gasteiger partial charge in [-0.1, -0.05) is 27.7 Å². The molecule has 0 radical (unpaired) electrons. The normalized spacial score (nSPS) is 61.7. The van der Waals surface area contributed by atoms with E-state index in [-0.39, 0.29) is 11.5 Å². The molecule has 4 aliphatic carbocycles. The summed E-state index contributed by atoms with van der Waals surface area (Å²) in [5, 5.41) is 10.3. The van der Waals surface area contributed by atoms with Crippen LogP contribution in [0.2, 0.25) is 0 Å². The van der Waals surface area contributed by atoms with Crippen molar-refractivity contribution < 1.29 is 19.3 Å². The molecule has 0 bridgehead atoms. The molecular weight excluding hydrogens is 400 g/mol. The Hall–Kier alpha value is -0.160. The van der Waals surface area contributed by atoms with Gasteiger partial charge in [0.05, 0.1) is 12.7 Å². The SMILES string of the molecule is CO[C@]12C[C@H]3[C@@H]4CC[C@H]5C[C@@H](O)CC[C@]5(C)[C@H]4CC[C@]3(C)[C@H]1[C@@H](C)[C@]1(CC[C@@H](C)CO1)O2. The summed E-state index contributed by atoms with van der Waals surface area (Å²) in [6.07, 6.45) is 11.7. The molecule has 1 spiro atoms. The quantitative estimate of drug-likeness (QED) is 0.556. The van der Waals surface area contributed by atoms with Gasteiger partial charge in [-0.05, 0) is 91.8 Å². The molecule has 0 aromatic rings. The number of fused-ring (bicyclic) bond motifs is 7. The van der Waals surface area contributed by atoms with E-state index in [1.54, 1.807) is 0 Å². The zero-order chi connectivity index (χ0) is 22.5. The molecule has 32 heavy (non-hydrogen) atoms. The van der Waals surface area contributed by atoms with Gasteiger partial charge in [0.2, 0.25) is 0 Å². The number of hydrogen-bond acceptors (Lipinski definition) is 4. The highest BCUT2D eigenvalue weighted by atomic mass is 16.8. The highest BCUT2D eigenvalue weighted by molar-refractivity contribution is 5.18. The zero-order valence-corrected chi connectivity index (χ0v) is 21.1. The van der Waals surface area contributed by atoms with Crippen molar-refractivity contribution in [1.82, 2.24) is 0 Å². The van der Waals surface area contributed by atoms with Gasteiger partial charge in [0.15, 0.2) is 11.6 Å². The Kier molecular flexibility index (Phi) is 5.01. The molecule has 0 aromatic heterocycles. The first-order valence-electron chi connectivity index (χ1n) is 13.7. The molecule has 4 heteroatoms. The number of aliphatic hydroxyl groups is 1. The van der Waals surface area contributed by atoms with E-state index < -0.39 is 11.6 Å². The third-order valence-corrected chi connectivity index (χ3v) is 12.2. The predicted octanol–water partition coefficient (Wildman–Crippen LogP) is 5.77. The van der Waals surface area contributed by atoms with Gasteiger partial charge in [-0.25, -0.2) is 0 Å². The Morgan fingerprint density at radius 3 is 2.41 bits per heavy atom. The molecule has 0 amide bonds. The average Bonchev–Trinajstić information content (AvgIpc) is 3.17. The number of hydrogen-bond donors (Lipinski definition) is 1. The lowest BCUT2D eigenvalue weighted by Crippen LogP contribution is -2.55. The second-order valence-corrected chi connectivity index (χ2v) is 13.5. The van der Waals surface area contributed by atoms with Crippen LogP contribution < -0.4 is 0 Å². The van der Waals surface area contributed by atoms with Crippen LogP contribution in [0.15, 0.2) is 0 Å². The second-order valence-electron chi connectivity index (χ2n) is 13.5. The minimum absolute atomic E-state index is 0.0651. The van der Waals surface area contributed by atoms with Crippen LogP contribution in [0.3, 0.4) is 0 Å². The lowest BCUT2D eigenvalue weighted by molar-refractivity contribution is -0.337. The molecule has 6 rings (SSSR count). The third-order valence-electron chi connectivity index (χ3n) is 12.2. The number of ether oxygens (including phenoxy) is 3. The van der Waals surface area contributed by atoms with Crippen LogP contribution in [0.4, 0.5) is 0 Å². The summed E-state index contributed by atoms with van der Waals surface area (Å²) in [7, 11) is 1.89. The average molecular weight is 447 g/mol. The van der Waals surface area contributed by atoms with E-state index in [0.717, 1.165) is 44.1 Å². The van der Waals surface area contributed by atoms with Crippen molar-refractivity contribution in [1.29, 1.82) is 0 Å². The van der Waals surface area contributed by atoms with E-state index >= 15 is 0 Å². The molecule has 4 nitrogen and oxygen atoms in total. The first kappa shape index (κ1) is 22.3. The van der Waals surface area contributed by atoms with Crippen molar-refractivity contribution in [3.8, 4) is 0 Å². The van der Waals surface area contributed by atoms with Crippen LogP contribution in [0.25, 0.3) is 0 Å². The topological polar surface area (TPSA) is 47.9 Å². The largest absolute Gasteiger partial charge is 0.393 e. The van der Waals surface area contributed by atoms with Crippen molar-refractivity contribution in [2.75, 3.05) is 13.7 Å². The molecule has 0 aromatic carbocycles. The fourth-order valence-corrected chi connectivity index (χ4v) is 10.6. The summed E-state index contributed by atoms with van der Waals surface area (Å²) in [5.41, 5.74) is 0.682. The molecule has 6 aliphatic rings. The zero-order valence-electron chi connectivity index (χ0n) is 21.1. The second kappa shape index (κ2) is 7.18. The molecule has 2 aliphatic heterocycles. The van der Waals surface area contributed by atoms with E-state index in [1.165, 1.54) is 38.5 Å². The van der Waals surface area contributed by atoms with Crippen LogP contribution in [-0.4, -0.2) is 36.5 Å². The van der Waals surface area contributed by atoms with Gasteiger partial charge < -0.3 is 19.3 Å². The van der Waals surface area contributed by atoms with Crippen molar-refractivity contribution in [3.05, 3.63) is 0 Å². The van der Waals surface area contributed by atoms with Crippen LogP contribution in [0.5, 0.6) is 0 Å². The van der Waals surface area contributed by atoms with Crippen LogP contribution in [0.1, 0.15) is 91.9 Å². The van der Waals surface area contributed by atoms with E-state index in [4.69, 9.17) is 14.2 Å². The Morgan fingerprint density at radius 2 is 1.69 bits per heavy atom. The summed E-state index contributed by atoms with van der Waals surface area (Å²) in [4.78, 5) is 0. The fraction of sp³-hybridized carbons (Fsp3) is 1.00. The Balaban J connectivity index is 1.32. The third kappa shape index (κ3) is 2.76. The van der Waals surface area contributed by atoms with Gasteiger partial charge in [-0.2, -0.15) is 0 Å². The highest BCUT2D eigenvalue weighted by Crippen LogP contribution is 2.74. The lowest BCUT2D eigenvalue weighted by atomic mass is 9.44. The molecule has 2 saturated heterocycles. The van der Waals surface area contributed by atoms with Gasteiger partial charge in [0.25, 0.3) is 0 Å². The molecule has 12 atom stereocenters. The van der Waals surface area contributed by atoms with Crippen molar-refractivity contribution in [2.24, 2.45) is 52.3 Å². The Bertz CT molecular complexity index is 746. The lowest BCUT2D eigenvalue weighted by Gasteiger charge is -2.61. The molecular formula is C28H46O4. The highest BCUT2D eigenvalue weighted by Gasteiger charge is 2.75. The fourth-order valence-electron chi connectivity index (χ4n) is 10.6. The van der Waals surface area contributed by atoms with E-state index in [0.29, 0.717) is 35.0 Å². The minimum Gasteiger partial charge on any atom is -0.393 e. The maximum atomic E-state index is 10.3. The van der Waals surface area contributed by atoms with E-state index in [9.17, 15) is 5.11 Å². The van der Waals surface area contributed by atoms with Gasteiger partial charge in [-0.15, -0.1) is 0 Å². The maximum Gasteiger partial charge on any atom is 0.175 e. The van der Waals surface area contributed by atoms with Crippen LogP contribution >= 0.6 is 0 Å². The first-order valence-corrected chi connectivity index (χ1v) is 13.7. The van der Waals surface area contributed by atoms with Gasteiger partial charge in [-0.3, -0.25) is 0 Å². The predicted molar refractivity (Wildman–Crippen MR) is 124 cm³/mol. The Morgan fingerprint density at radius 1 is 0.906 bits per heavy atom. The van der Waals surface area contributed by atoms with Gasteiger partial charge in [0, 0.05) is 31.8 Å². The minimum atomic E-state index is -0.477. The van der Waals surface area contributed by atoms with Gasteiger partial charge in [0.1, 0.15) is 0 Å². The number of rotatable bonds is 1. The van der Waals surface area contributed by atoms with E-state index in [2.05, 4.69) is 27.7 Å². The van der Waals surface area contributed by atoms with Crippen molar-refractivity contribution >= 4 is 0 Å². The van der Waals surface area contributed by atoms with Crippen molar-refractivity contribution in [3.63, 3.8) is 0 Å². The maximum absolute atomic E-state index is 10.3. The monoisotopic (exact) mass is 446 g/mol. The Labute approximate surface area is 195 Å². The summed E-state index contributed by atoms with van der Waals surface area (Å²) < 4.78 is 19.9. The molecule has 182 valence electrons. The van der Waals surface area contributed by atoms with Crippen molar-refractivity contribution in [2.45, 2.75) is 110 Å². The standard InChI is InChI=1S/C28H46O4/c1-17-8-13-27(31-16-17)18(2)24-26(4)12-10-22-21(23(26)15-28(24,30-5)32-27)7-6-19-14-20(29)9-11-25(19,22)3/h17-24,29H,6-16H2,1-5H3/t17-,18-,19+,20+,21-,22+,23+,24-,25+,26+,27+,28+/m1/s1. The molecule has 6 fully saturated rings. The first-order chi connectivity index (χ1) is 15.2.